The molecule has 2 N–H and O–H groups in total. The van der Waals surface area contributed by atoms with Crippen molar-refractivity contribution < 1.29 is 9.90 Å². The third-order valence-corrected chi connectivity index (χ3v) is 4.87. The number of rotatable bonds is 8. The minimum Gasteiger partial charge on any atom is -0.390 e. The standard InChI is InChI=1S/C16H23ClN2O2S/c17-14-5-3-13(4-6-14)11-22-12-16(21)18-9-15(20)10-19-7-1-2-8-19/h3-6,15,20H,1-2,7-12H2,(H,18,21)/t15-/m0/s1. The van der Waals surface area contributed by atoms with Crippen LogP contribution in [-0.2, 0) is 10.5 Å². The quantitative estimate of drug-likeness (QED) is 0.760. The zero-order valence-electron chi connectivity index (χ0n) is 12.6. The van der Waals surface area contributed by atoms with Crippen molar-refractivity contribution >= 4 is 29.3 Å². The Morgan fingerprint density at radius 2 is 2.00 bits per heavy atom. The molecule has 0 unspecified atom stereocenters. The van der Waals surface area contributed by atoms with Gasteiger partial charge in [-0.05, 0) is 43.6 Å². The van der Waals surface area contributed by atoms with Gasteiger partial charge in [-0.3, -0.25) is 4.79 Å². The van der Waals surface area contributed by atoms with Crippen LogP contribution in [0.25, 0.3) is 0 Å². The van der Waals surface area contributed by atoms with E-state index in [4.69, 9.17) is 11.6 Å². The van der Waals surface area contributed by atoms with Crippen molar-refractivity contribution in [1.29, 1.82) is 0 Å². The molecule has 0 bridgehead atoms. The van der Waals surface area contributed by atoms with E-state index in [1.165, 1.54) is 12.8 Å². The Labute approximate surface area is 141 Å². The molecular weight excluding hydrogens is 320 g/mol. The Bertz CT molecular complexity index is 464. The Kier molecular flexibility index (Phi) is 7.52. The average Bonchev–Trinajstić information content (AvgIpc) is 3.00. The first kappa shape index (κ1) is 17.6. The fourth-order valence-corrected chi connectivity index (χ4v) is 3.40. The summed E-state index contributed by atoms with van der Waals surface area (Å²) in [5.74, 6) is 1.15. The zero-order valence-corrected chi connectivity index (χ0v) is 14.2. The molecule has 1 aromatic carbocycles. The topological polar surface area (TPSA) is 52.6 Å². The van der Waals surface area contributed by atoms with Crippen molar-refractivity contribution in [1.82, 2.24) is 10.2 Å². The van der Waals surface area contributed by atoms with Crippen molar-refractivity contribution in [2.45, 2.75) is 24.7 Å². The van der Waals surface area contributed by atoms with Gasteiger partial charge in [-0.1, -0.05) is 23.7 Å². The Morgan fingerprint density at radius 1 is 1.32 bits per heavy atom. The molecule has 1 amide bonds. The number of hydrogen-bond acceptors (Lipinski definition) is 4. The summed E-state index contributed by atoms with van der Waals surface area (Å²) in [5.41, 5.74) is 1.15. The number of carbonyl (C=O) groups is 1. The highest BCUT2D eigenvalue weighted by Crippen LogP contribution is 2.15. The number of nitrogens with one attached hydrogen (secondary N) is 1. The monoisotopic (exact) mass is 342 g/mol. The number of halogens is 1. The smallest absolute Gasteiger partial charge is 0.230 e. The third-order valence-electron chi connectivity index (χ3n) is 3.62. The van der Waals surface area contributed by atoms with E-state index in [2.05, 4.69) is 10.2 Å². The first-order valence-electron chi connectivity index (χ1n) is 7.63. The molecule has 1 atom stereocenters. The van der Waals surface area contributed by atoms with Gasteiger partial charge in [-0.2, -0.15) is 0 Å². The molecule has 0 aromatic heterocycles. The highest BCUT2D eigenvalue weighted by molar-refractivity contribution is 7.99. The second-order valence-corrected chi connectivity index (χ2v) is 7.01. The van der Waals surface area contributed by atoms with Crippen molar-refractivity contribution in [2.24, 2.45) is 0 Å². The van der Waals surface area contributed by atoms with Gasteiger partial charge in [-0.25, -0.2) is 0 Å². The molecule has 0 radical (unpaired) electrons. The molecule has 1 saturated heterocycles. The van der Waals surface area contributed by atoms with Crippen LogP contribution in [0.15, 0.2) is 24.3 Å². The Morgan fingerprint density at radius 3 is 2.68 bits per heavy atom. The molecule has 0 aliphatic carbocycles. The lowest BCUT2D eigenvalue weighted by atomic mass is 10.2. The minimum absolute atomic E-state index is 0.0283. The van der Waals surface area contributed by atoms with Crippen LogP contribution in [-0.4, -0.2) is 53.9 Å². The molecule has 0 spiro atoms. The lowest BCUT2D eigenvalue weighted by Gasteiger charge is -2.19. The number of hydrogen-bond donors (Lipinski definition) is 2. The number of aliphatic hydroxyl groups is 1. The predicted octanol–water partition coefficient (Wildman–Crippen LogP) is 2.15. The van der Waals surface area contributed by atoms with Crippen LogP contribution in [0.3, 0.4) is 0 Å². The SMILES string of the molecule is O=C(CSCc1ccc(Cl)cc1)NC[C@H](O)CN1CCCC1. The van der Waals surface area contributed by atoms with E-state index in [0.29, 0.717) is 18.8 Å². The summed E-state index contributed by atoms with van der Waals surface area (Å²) >= 11 is 7.39. The molecule has 4 nitrogen and oxygen atoms in total. The fraction of sp³-hybridized carbons (Fsp3) is 0.562. The lowest BCUT2D eigenvalue weighted by Crippen LogP contribution is -2.39. The highest BCUT2D eigenvalue weighted by atomic mass is 35.5. The van der Waals surface area contributed by atoms with Crippen molar-refractivity contribution in [2.75, 3.05) is 31.9 Å². The molecule has 1 aliphatic heterocycles. The summed E-state index contributed by atoms with van der Waals surface area (Å²) in [4.78, 5) is 14.0. The van der Waals surface area contributed by atoms with Crippen molar-refractivity contribution in [3.63, 3.8) is 0 Å². The van der Waals surface area contributed by atoms with Gasteiger partial charge < -0.3 is 15.3 Å². The van der Waals surface area contributed by atoms with Crippen LogP contribution in [0.1, 0.15) is 18.4 Å². The number of β-amino-alcohol motifs (C(OH)–C–C–N with tert-alkyl or cyclic N) is 1. The van der Waals surface area contributed by atoms with Gasteiger partial charge >= 0.3 is 0 Å². The molecule has 6 heteroatoms. The summed E-state index contributed by atoms with van der Waals surface area (Å²) in [5, 5.41) is 13.4. The van der Waals surface area contributed by atoms with E-state index in [9.17, 15) is 9.90 Å². The number of likely N-dealkylation sites (tertiary alicyclic amines) is 1. The van der Waals surface area contributed by atoms with Gasteiger partial charge in [0.15, 0.2) is 0 Å². The van der Waals surface area contributed by atoms with Gasteiger partial charge in [0.2, 0.25) is 5.91 Å². The molecular formula is C16H23ClN2O2S. The Hall–Kier alpha value is -0.750. The summed E-state index contributed by atoms with van der Waals surface area (Å²) in [6.45, 7) is 3.10. The van der Waals surface area contributed by atoms with E-state index < -0.39 is 6.10 Å². The molecule has 122 valence electrons. The second-order valence-electron chi connectivity index (χ2n) is 5.58. The van der Waals surface area contributed by atoms with Crippen LogP contribution in [0.5, 0.6) is 0 Å². The van der Waals surface area contributed by atoms with Crippen molar-refractivity contribution in [3.05, 3.63) is 34.9 Å². The fourth-order valence-electron chi connectivity index (χ4n) is 2.45. The molecule has 0 saturated carbocycles. The van der Waals surface area contributed by atoms with Gasteiger partial charge in [0.05, 0.1) is 11.9 Å². The number of nitrogens with zero attached hydrogens (tertiary/aromatic N) is 1. The first-order chi connectivity index (χ1) is 10.6. The van der Waals surface area contributed by atoms with E-state index >= 15 is 0 Å². The van der Waals surface area contributed by atoms with Gasteiger partial charge in [-0.15, -0.1) is 11.8 Å². The predicted molar refractivity (Wildman–Crippen MR) is 92.3 cm³/mol. The number of thioether (sulfide) groups is 1. The maximum absolute atomic E-state index is 11.8. The molecule has 22 heavy (non-hydrogen) atoms. The molecule has 1 fully saturated rings. The average molecular weight is 343 g/mol. The van der Waals surface area contributed by atoms with E-state index in [1.807, 2.05) is 24.3 Å². The Balaban J connectivity index is 1.56. The number of benzene rings is 1. The summed E-state index contributed by atoms with van der Waals surface area (Å²) in [6.07, 6.45) is 1.93. The summed E-state index contributed by atoms with van der Waals surface area (Å²) < 4.78 is 0. The number of amides is 1. The van der Waals surface area contributed by atoms with Gasteiger partial charge in [0, 0.05) is 23.9 Å². The maximum atomic E-state index is 11.8. The number of aliphatic hydroxyl groups excluding tert-OH is 1. The second kappa shape index (κ2) is 9.40. The van der Waals surface area contributed by atoms with Crippen LogP contribution < -0.4 is 5.32 Å². The van der Waals surface area contributed by atoms with Crippen LogP contribution in [0.4, 0.5) is 0 Å². The van der Waals surface area contributed by atoms with E-state index in [1.54, 1.807) is 11.8 Å². The normalized spacial score (nSPS) is 16.6. The van der Waals surface area contributed by atoms with Crippen LogP contribution >= 0.6 is 23.4 Å². The number of carbonyl (C=O) groups excluding carboxylic acids is 1. The minimum atomic E-state index is -0.483. The summed E-state index contributed by atoms with van der Waals surface area (Å²) in [7, 11) is 0. The van der Waals surface area contributed by atoms with E-state index in [0.717, 1.165) is 29.4 Å². The van der Waals surface area contributed by atoms with E-state index in [-0.39, 0.29) is 5.91 Å². The lowest BCUT2D eigenvalue weighted by molar-refractivity contribution is -0.119. The van der Waals surface area contributed by atoms with Crippen molar-refractivity contribution in [3.8, 4) is 0 Å². The highest BCUT2D eigenvalue weighted by Gasteiger charge is 2.16. The molecule has 1 heterocycles. The summed E-state index contributed by atoms with van der Waals surface area (Å²) in [6, 6.07) is 7.64. The first-order valence-corrected chi connectivity index (χ1v) is 9.16. The molecule has 1 aliphatic rings. The zero-order chi connectivity index (χ0) is 15.8. The maximum Gasteiger partial charge on any atom is 0.230 e. The van der Waals surface area contributed by atoms with Gasteiger partial charge in [0.1, 0.15) is 0 Å². The van der Waals surface area contributed by atoms with Crippen LogP contribution in [0, 0.1) is 0 Å². The third kappa shape index (κ3) is 6.57. The molecule has 2 rings (SSSR count). The molecule has 1 aromatic rings. The van der Waals surface area contributed by atoms with Gasteiger partial charge in [0.25, 0.3) is 0 Å². The largest absolute Gasteiger partial charge is 0.390 e. The van der Waals surface area contributed by atoms with Crippen LogP contribution in [0.2, 0.25) is 5.02 Å².